The van der Waals surface area contributed by atoms with Gasteiger partial charge in [0.25, 0.3) is 0 Å². The molecule has 2 atom stereocenters. The number of fused-ring (bicyclic) bond motifs is 1. The highest BCUT2D eigenvalue weighted by molar-refractivity contribution is 6.02. The molecule has 1 aliphatic rings. The molecule has 1 aliphatic heterocycles. The largest absolute Gasteiger partial charge is 0.379 e. The second kappa shape index (κ2) is 8.31. The van der Waals surface area contributed by atoms with Crippen LogP contribution in [0.5, 0.6) is 0 Å². The summed E-state index contributed by atoms with van der Waals surface area (Å²) in [5.41, 5.74) is 4.93. The Morgan fingerprint density at radius 2 is 1.90 bits per heavy atom. The molecule has 1 fully saturated rings. The van der Waals surface area contributed by atoms with Gasteiger partial charge >= 0.3 is 0 Å². The quantitative estimate of drug-likeness (QED) is 0.462. The van der Waals surface area contributed by atoms with Gasteiger partial charge in [0.15, 0.2) is 0 Å². The van der Waals surface area contributed by atoms with Crippen LogP contribution in [-0.4, -0.2) is 50.1 Å². The number of pyridine rings is 2. The number of piperazine rings is 1. The van der Waals surface area contributed by atoms with Crippen LogP contribution in [0.1, 0.15) is 19.5 Å². The van der Waals surface area contributed by atoms with Gasteiger partial charge in [0.05, 0.1) is 12.2 Å². The average molecular weight is 415 g/mol. The maximum absolute atomic E-state index is 4.82. The van der Waals surface area contributed by atoms with E-state index < -0.39 is 0 Å². The van der Waals surface area contributed by atoms with Crippen LogP contribution in [0.2, 0.25) is 0 Å². The van der Waals surface area contributed by atoms with E-state index in [1.54, 1.807) is 6.20 Å². The van der Waals surface area contributed by atoms with Crippen LogP contribution in [0.15, 0.2) is 55.2 Å². The van der Waals surface area contributed by atoms with Gasteiger partial charge in [0, 0.05) is 78.4 Å². The van der Waals surface area contributed by atoms with Crippen LogP contribution in [0.4, 0.5) is 11.6 Å². The maximum Gasteiger partial charge on any atom is 0.225 e. The van der Waals surface area contributed by atoms with E-state index in [0.29, 0.717) is 18.6 Å². The molecular weight excluding hydrogens is 388 g/mol. The summed E-state index contributed by atoms with van der Waals surface area (Å²) in [6.45, 7) is 6.80. The van der Waals surface area contributed by atoms with E-state index in [2.05, 4.69) is 55.4 Å². The van der Waals surface area contributed by atoms with Gasteiger partial charge in [0.1, 0.15) is 5.65 Å². The lowest BCUT2D eigenvalue weighted by molar-refractivity contribution is 0.403. The van der Waals surface area contributed by atoms with Gasteiger partial charge in [0.2, 0.25) is 5.95 Å². The van der Waals surface area contributed by atoms with Crippen molar-refractivity contribution in [3.8, 4) is 11.1 Å². The Labute approximate surface area is 181 Å². The summed E-state index contributed by atoms with van der Waals surface area (Å²) in [5.74, 6) is 0.789. The van der Waals surface area contributed by atoms with Gasteiger partial charge in [-0.15, -0.1) is 0 Å². The second-order valence-electron chi connectivity index (χ2n) is 8.10. The normalized spacial score (nSPS) is 19.0. The summed E-state index contributed by atoms with van der Waals surface area (Å²) in [6.07, 6.45) is 9.28. The van der Waals surface area contributed by atoms with Crippen molar-refractivity contribution in [2.75, 3.05) is 23.3 Å². The van der Waals surface area contributed by atoms with Crippen molar-refractivity contribution in [1.29, 1.82) is 0 Å². The number of hydrogen-bond donors (Lipinski definition) is 3. The summed E-state index contributed by atoms with van der Waals surface area (Å²) in [6, 6.07) is 8.79. The summed E-state index contributed by atoms with van der Waals surface area (Å²) in [4.78, 5) is 23.6. The molecule has 31 heavy (non-hydrogen) atoms. The van der Waals surface area contributed by atoms with Crippen molar-refractivity contribution in [2.24, 2.45) is 0 Å². The SMILES string of the molecule is C[C@@H]1CN(c2nccc(CNc3ccnc4[nH]cc(-c5cccnc5)c34)n2)C[C@H](C)N1. The number of hydrogen-bond acceptors (Lipinski definition) is 7. The Morgan fingerprint density at radius 1 is 1.06 bits per heavy atom. The number of H-pyrrole nitrogens is 1. The van der Waals surface area contributed by atoms with Crippen LogP contribution in [0.25, 0.3) is 22.2 Å². The molecule has 0 unspecified atom stereocenters. The Hall–Kier alpha value is -3.52. The molecule has 8 heteroatoms. The van der Waals surface area contributed by atoms with Crippen molar-refractivity contribution in [2.45, 2.75) is 32.5 Å². The zero-order valence-corrected chi connectivity index (χ0v) is 17.7. The molecule has 5 rings (SSSR count). The van der Waals surface area contributed by atoms with Crippen LogP contribution in [0.3, 0.4) is 0 Å². The lowest BCUT2D eigenvalue weighted by Crippen LogP contribution is -2.54. The summed E-state index contributed by atoms with van der Waals surface area (Å²) in [5, 5.41) is 8.15. The first kappa shape index (κ1) is 19.4. The average Bonchev–Trinajstić information content (AvgIpc) is 3.23. The zero-order chi connectivity index (χ0) is 21.2. The first-order chi connectivity index (χ1) is 15.2. The van der Waals surface area contributed by atoms with Gasteiger partial charge in [-0.3, -0.25) is 4.98 Å². The number of nitrogens with one attached hydrogen (secondary N) is 3. The van der Waals surface area contributed by atoms with Gasteiger partial charge in [-0.25, -0.2) is 15.0 Å². The molecule has 0 amide bonds. The molecule has 0 aromatic carbocycles. The topological polar surface area (TPSA) is 94.7 Å². The molecule has 0 spiro atoms. The van der Waals surface area contributed by atoms with E-state index in [-0.39, 0.29) is 0 Å². The van der Waals surface area contributed by atoms with Gasteiger partial charge < -0.3 is 20.5 Å². The molecule has 0 radical (unpaired) electrons. The lowest BCUT2D eigenvalue weighted by atomic mass is 10.1. The molecule has 0 saturated carbocycles. The molecule has 0 aliphatic carbocycles. The third-order valence-electron chi connectivity index (χ3n) is 5.55. The summed E-state index contributed by atoms with van der Waals surface area (Å²) < 4.78 is 0. The highest BCUT2D eigenvalue weighted by atomic mass is 15.3. The molecule has 0 bridgehead atoms. The minimum atomic E-state index is 0.415. The number of rotatable bonds is 5. The Morgan fingerprint density at radius 3 is 2.71 bits per heavy atom. The van der Waals surface area contributed by atoms with E-state index in [1.807, 2.05) is 43.0 Å². The van der Waals surface area contributed by atoms with Crippen LogP contribution in [0, 0.1) is 0 Å². The third-order valence-corrected chi connectivity index (χ3v) is 5.55. The summed E-state index contributed by atoms with van der Waals surface area (Å²) >= 11 is 0. The van der Waals surface area contributed by atoms with E-state index in [4.69, 9.17) is 4.98 Å². The van der Waals surface area contributed by atoms with Gasteiger partial charge in [-0.2, -0.15) is 0 Å². The van der Waals surface area contributed by atoms with Crippen molar-refractivity contribution in [3.05, 3.63) is 60.9 Å². The molecule has 8 nitrogen and oxygen atoms in total. The second-order valence-corrected chi connectivity index (χ2v) is 8.10. The fourth-order valence-corrected chi connectivity index (χ4v) is 4.26. The van der Waals surface area contributed by atoms with E-state index >= 15 is 0 Å². The van der Waals surface area contributed by atoms with Crippen LogP contribution < -0.4 is 15.5 Å². The fourth-order valence-electron chi connectivity index (χ4n) is 4.26. The van der Waals surface area contributed by atoms with Crippen molar-refractivity contribution < 1.29 is 0 Å². The number of anilines is 2. The van der Waals surface area contributed by atoms with Crippen molar-refractivity contribution >= 4 is 22.7 Å². The highest BCUT2D eigenvalue weighted by Gasteiger charge is 2.23. The minimum Gasteiger partial charge on any atom is -0.379 e. The van der Waals surface area contributed by atoms with E-state index in [1.165, 1.54) is 0 Å². The zero-order valence-electron chi connectivity index (χ0n) is 17.7. The predicted octanol–water partition coefficient (Wildman–Crippen LogP) is 3.21. The van der Waals surface area contributed by atoms with Gasteiger partial charge in [-0.1, -0.05) is 6.07 Å². The Balaban J connectivity index is 1.39. The number of nitrogens with zero attached hydrogens (tertiary/aromatic N) is 5. The molecule has 4 aromatic heterocycles. The molecule has 158 valence electrons. The summed E-state index contributed by atoms with van der Waals surface area (Å²) in [7, 11) is 0. The number of aromatic amines is 1. The minimum absolute atomic E-state index is 0.415. The van der Waals surface area contributed by atoms with E-state index in [0.717, 1.165) is 52.6 Å². The molecular formula is C23H26N8. The van der Waals surface area contributed by atoms with Crippen molar-refractivity contribution in [1.82, 2.24) is 30.2 Å². The first-order valence-corrected chi connectivity index (χ1v) is 10.6. The standard InChI is InChI=1S/C23H26N8/c1-15-13-31(14-16(2)29-15)23-26-8-5-18(30-23)11-27-20-6-9-25-22-21(20)19(12-28-22)17-4-3-7-24-10-17/h3-10,12,15-16,29H,11,13-14H2,1-2H3,(H2,25,27,28)/t15-,16+. The molecule has 4 aromatic rings. The fraction of sp³-hybridized carbons (Fsp3) is 0.304. The Kier molecular flexibility index (Phi) is 5.21. The first-order valence-electron chi connectivity index (χ1n) is 10.6. The third kappa shape index (κ3) is 4.06. The molecule has 3 N–H and O–H groups in total. The highest BCUT2D eigenvalue weighted by Crippen LogP contribution is 2.32. The Bertz CT molecular complexity index is 1160. The molecule has 1 saturated heterocycles. The maximum atomic E-state index is 4.82. The van der Waals surface area contributed by atoms with Crippen LogP contribution in [-0.2, 0) is 6.54 Å². The van der Waals surface area contributed by atoms with Gasteiger partial charge in [-0.05, 0) is 32.0 Å². The van der Waals surface area contributed by atoms with E-state index in [9.17, 15) is 0 Å². The predicted molar refractivity (Wildman–Crippen MR) is 123 cm³/mol. The van der Waals surface area contributed by atoms with Crippen LogP contribution >= 0.6 is 0 Å². The number of aromatic nitrogens is 5. The lowest BCUT2D eigenvalue weighted by Gasteiger charge is -2.36. The monoisotopic (exact) mass is 414 g/mol. The molecule has 5 heterocycles. The van der Waals surface area contributed by atoms with Crippen molar-refractivity contribution in [3.63, 3.8) is 0 Å². The smallest absolute Gasteiger partial charge is 0.225 e.